The number of para-hydroxylation sites is 1. The van der Waals surface area contributed by atoms with E-state index in [1.54, 1.807) is 6.20 Å². The monoisotopic (exact) mass is 427 g/mol. The van der Waals surface area contributed by atoms with E-state index in [0.717, 1.165) is 41.0 Å². The molecule has 0 atom stereocenters. The van der Waals surface area contributed by atoms with Gasteiger partial charge in [-0.1, -0.05) is 37.5 Å². The molecule has 2 heterocycles. The van der Waals surface area contributed by atoms with Crippen LogP contribution in [0.2, 0.25) is 0 Å². The highest BCUT2D eigenvalue weighted by Gasteiger charge is 2.21. The average Bonchev–Trinajstić information content (AvgIpc) is 2.95. The summed E-state index contributed by atoms with van der Waals surface area (Å²) in [5.74, 6) is 0.327. The molecule has 2 amide bonds. The third-order valence-corrected chi connectivity index (χ3v) is 6.02. The molecule has 5 rings (SSSR count). The average molecular weight is 428 g/mol. The zero-order chi connectivity index (χ0) is 21.9. The fourth-order valence-electron chi connectivity index (χ4n) is 4.35. The van der Waals surface area contributed by atoms with E-state index in [4.69, 9.17) is 0 Å². The smallest absolute Gasteiger partial charge is 0.251 e. The van der Waals surface area contributed by atoms with Crippen molar-refractivity contribution in [3.63, 3.8) is 0 Å². The number of benzene rings is 2. The highest BCUT2D eigenvalue weighted by atomic mass is 16.2. The number of hydrogen-bond donors (Lipinski definition) is 3. The van der Waals surface area contributed by atoms with Crippen LogP contribution in [0.5, 0.6) is 0 Å². The molecule has 2 aromatic carbocycles. The van der Waals surface area contributed by atoms with E-state index >= 15 is 0 Å². The van der Waals surface area contributed by atoms with E-state index in [1.807, 2.05) is 48.5 Å². The maximum Gasteiger partial charge on any atom is 0.251 e. The Hall–Kier alpha value is -3.74. The second kappa shape index (κ2) is 8.78. The number of hydrogen-bond acceptors (Lipinski definition) is 5. The molecular weight excluding hydrogens is 402 g/mol. The lowest BCUT2D eigenvalue weighted by atomic mass is 9.95. The van der Waals surface area contributed by atoms with E-state index < -0.39 is 0 Å². The lowest BCUT2D eigenvalue weighted by Gasteiger charge is -2.22. The van der Waals surface area contributed by atoms with Gasteiger partial charge in [-0.05, 0) is 43.2 Å². The number of fused-ring (bicyclic) bond motifs is 3. The summed E-state index contributed by atoms with van der Waals surface area (Å²) in [5, 5.41) is 9.26. The van der Waals surface area contributed by atoms with Gasteiger partial charge in [-0.3, -0.25) is 9.59 Å². The number of aromatic nitrogens is 2. The minimum atomic E-state index is -0.0809. The molecule has 1 fully saturated rings. The molecule has 3 aromatic rings. The van der Waals surface area contributed by atoms with Crippen molar-refractivity contribution in [3.05, 3.63) is 65.9 Å². The summed E-state index contributed by atoms with van der Waals surface area (Å²) in [7, 11) is 0. The van der Waals surface area contributed by atoms with Gasteiger partial charge in [-0.15, -0.1) is 0 Å². The zero-order valence-electron chi connectivity index (χ0n) is 17.7. The quantitative estimate of drug-likeness (QED) is 0.572. The van der Waals surface area contributed by atoms with E-state index in [1.165, 1.54) is 19.3 Å². The molecule has 7 nitrogen and oxygen atoms in total. The number of nitrogens with zero attached hydrogens (tertiary/aromatic N) is 2. The van der Waals surface area contributed by atoms with E-state index in [2.05, 4.69) is 25.9 Å². The summed E-state index contributed by atoms with van der Waals surface area (Å²) in [4.78, 5) is 33.8. The molecule has 0 unspecified atom stereocenters. The minimum Gasteiger partial charge on any atom is -0.349 e. The van der Waals surface area contributed by atoms with Crippen LogP contribution in [0.1, 0.15) is 48.0 Å². The van der Waals surface area contributed by atoms with Crippen LogP contribution >= 0.6 is 0 Å². The molecule has 1 aliphatic heterocycles. The standard InChI is InChI=1S/C25H25N5O2/c31-22-14-17-15-26-25(30-23(17)20-8-4-5-9-21(20)29-22)28-19-12-10-16(11-13-19)24(32)27-18-6-2-1-3-7-18/h4-5,8-13,15,18H,1-3,6-7,14H2,(H,27,32)(H,29,31)(H,26,28,30). The number of carbonyl (C=O) groups is 2. The van der Waals surface area contributed by atoms with Crippen molar-refractivity contribution in [2.75, 3.05) is 10.6 Å². The molecule has 7 heteroatoms. The number of nitrogens with one attached hydrogen (secondary N) is 3. The summed E-state index contributed by atoms with van der Waals surface area (Å²) in [6, 6.07) is 15.2. The molecule has 0 bridgehead atoms. The van der Waals surface area contributed by atoms with Gasteiger partial charge in [-0.25, -0.2) is 9.97 Å². The van der Waals surface area contributed by atoms with Crippen molar-refractivity contribution in [1.29, 1.82) is 0 Å². The summed E-state index contributed by atoms with van der Waals surface area (Å²) >= 11 is 0. The van der Waals surface area contributed by atoms with Crippen molar-refractivity contribution >= 4 is 29.1 Å². The predicted molar refractivity (Wildman–Crippen MR) is 124 cm³/mol. The molecule has 32 heavy (non-hydrogen) atoms. The van der Waals surface area contributed by atoms with Crippen molar-refractivity contribution in [1.82, 2.24) is 15.3 Å². The Balaban J connectivity index is 1.33. The van der Waals surface area contributed by atoms with Crippen LogP contribution in [0, 0.1) is 0 Å². The van der Waals surface area contributed by atoms with Crippen LogP contribution < -0.4 is 16.0 Å². The van der Waals surface area contributed by atoms with Crippen molar-refractivity contribution in [2.45, 2.75) is 44.6 Å². The van der Waals surface area contributed by atoms with E-state index in [-0.39, 0.29) is 24.3 Å². The number of anilines is 3. The molecule has 2 aliphatic rings. The van der Waals surface area contributed by atoms with Crippen LogP contribution in [0.25, 0.3) is 11.3 Å². The van der Waals surface area contributed by atoms with Crippen LogP contribution in [0.4, 0.5) is 17.3 Å². The highest BCUT2D eigenvalue weighted by Crippen LogP contribution is 2.32. The van der Waals surface area contributed by atoms with Gasteiger partial charge in [0.2, 0.25) is 11.9 Å². The summed E-state index contributed by atoms with van der Waals surface area (Å²) in [6.07, 6.45) is 7.67. The van der Waals surface area contributed by atoms with E-state index in [0.29, 0.717) is 11.5 Å². The Labute approximate surface area is 186 Å². The Kier molecular flexibility index (Phi) is 5.54. The second-order valence-electron chi connectivity index (χ2n) is 8.35. The van der Waals surface area contributed by atoms with Gasteiger partial charge in [-0.2, -0.15) is 0 Å². The number of rotatable bonds is 4. The third kappa shape index (κ3) is 4.32. The van der Waals surface area contributed by atoms with Gasteiger partial charge in [0.05, 0.1) is 17.8 Å². The van der Waals surface area contributed by atoms with Gasteiger partial charge in [0.1, 0.15) is 0 Å². The Morgan fingerprint density at radius 2 is 1.78 bits per heavy atom. The largest absolute Gasteiger partial charge is 0.349 e. The molecule has 1 saturated carbocycles. The topological polar surface area (TPSA) is 96.0 Å². The third-order valence-electron chi connectivity index (χ3n) is 6.02. The Morgan fingerprint density at radius 3 is 2.59 bits per heavy atom. The van der Waals surface area contributed by atoms with Gasteiger partial charge in [0.15, 0.2) is 0 Å². The highest BCUT2D eigenvalue weighted by molar-refractivity contribution is 6.00. The second-order valence-corrected chi connectivity index (χ2v) is 8.35. The molecule has 3 N–H and O–H groups in total. The molecule has 0 saturated heterocycles. The van der Waals surface area contributed by atoms with Gasteiger partial charge >= 0.3 is 0 Å². The first-order valence-corrected chi connectivity index (χ1v) is 11.1. The normalized spacial score (nSPS) is 15.7. The Bertz CT molecular complexity index is 1150. The van der Waals surface area contributed by atoms with Gasteiger partial charge < -0.3 is 16.0 Å². The molecule has 0 radical (unpaired) electrons. The first-order chi connectivity index (χ1) is 15.7. The number of carbonyl (C=O) groups excluding carboxylic acids is 2. The summed E-state index contributed by atoms with van der Waals surface area (Å²) in [6.45, 7) is 0. The van der Waals surface area contributed by atoms with Crippen LogP contribution in [0.15, 0.2) is 54.7 Å². The molecule has 162 valence electrons. The lowest BCUT2D eigenvalue weighted by molar-refractivity contribution is -0.115. The molecule has 1 aliphatic carbocycles. The van der Waals surface area contributed by atoms with Gasteiger partial charge in [0, 0.05) is 34.6 Å². The fourth-order valence-corrected chi connectivity index (χ4v) is 4.35. The first kappa shape index (κ1) is 20.2. The molecular formula is C25H25N5O2. The van der Waals surface area contributed by atoms with Gasteiger partial charge in [0.25, 0.3) is 5.91 Å². The molecule has 0 spiro atoms. The summed E-state index contributed by atoms with van der Waals surface area (Å²) < 4.78 is 0. The maximum atomic E-state index is 12.5. The van der Waals surface area contributed by atoms with Crippen LogP contribution in [-0.2, 0) is 11.2 Å². The van der Waals surface area contributed by atoms with E-state index in [9.17, 15) is 9.59 Å². The molecule has 1 aromatic heterocycles. The SMILES string of the molecule is O=C1Cc2cnc(Nc3ccc(C(=O)NC4CCCCC4)cc3)nc2-c2ccccc2N1. The van der Waals surface area contributed by atoms with Crippen molar-refractivity contribution in [3.8, 4) is 11.3 Å². The Morgan fingerprint density at radius 1 is 1.00 bits per heavy atom. The predicted octanol–water partition coefficient (Wildman–Crippen LogP) is 4.44. The van der Waals surface area contributed by atoms with Crippen LogP contribution in [-0.4, -0.2) is 27.8 Å². The fraction of sp³-hybridized carbons (Fsp3) is 0.280. The van der Waals surface area contributed by atoms with Crippen molar-refractivity contribution in [2.24, 2.45) is 0 Å². The van der Waals surface area contributed by atoms with Crippen molar-refractivity contribution < 1.29 is 9.59 Å². The zero-order valence-corrected chi connectivity index (χ0v) is 17.7. The van der Waals surface area contributed by atoms with Crippen LogP contribution in [0.3, 0.4) is 0 Å². The first-order valence-electron chi connectivity index (χ1n) is 11.1. The minimum absolute atomic E-state index is 0.0292. The maximum absolute atomic E-state index is 12.5. The lowest BCUT2D eigenvalue weighted by Crippen LogP contribution is -2.36. The number of amides is 2. The summed E-state index contributed by atoms with van der Waals surface area (Å²) in [5.41, 5.74) is 4.56.